The summed E-state index contributed by atoms with van der Waals surface area (Å²) in [6, 6.07) is 15.5. The molecule has 182 valence electrons. The molecule has 0 spiro atoms. The number of likely N-dealkylation sites (tertiary alicyclic amines) is 1. The normalized spacial score (nSPS) is 16.4. The Bertz CT molecular complexity index is 1350. The molecule has 1 aliphatic heterocycles. The quantitative estimate of drug-likeness (QED) is 0.406. The molecule has 1 aliphatic rings. The zero-order chi connectivity index (χ0) is 24.2. The first-order valence-electron chi connectivity index (χ1n) is 11.9. The molecule has 8 nitrogen and oxygen atoms in total. The molecule has 4 aromatic rings. The van der Waals surface area contributed by atoms with E-state index in [-0.39, 0.29) is 23.9 Å². The van der Waals surface area contributed by atoms with Gasteiger partial charge in [-0.25, -0.2) is 9.97 Å². The standard InChI is InChI=1S/C26H29N5O3S/c1-34-14-13-30(16-23-27-20-9-3-2-8-19(20)25(33)29-23)17-24(32)31-12-6-7-18(15-31)26-28-21-10-4-5-11-22(21)35-26/h2-5,8-11,18H,6-7,12-17H2,1H3,(H,27,29,33)/t18-/m0/s1. The molecule has 1 N–H and O–H groups in total. The van der Waals surface area contributed by atoms with Crippen LogP contribution >= 0.6 is 11.3 Å². The maximum atomic E-state index is 13.3. The number of aromatic nitrogens is 3. The zero-order valence-electron chi connectivity index (χ0n) is 19.8. The lowest BCUT2D eigenvalue weighted by Gasteiger charge is -2.33. The summed E-state index contributed by atoms with van der Waals surface area (Å²) in [7, 11) is 1.64. The van der Waals surface area contributed by atoms with Gasteiger partial charge in [0, 0.05) is 32.7 Å². The Morgan fingerprint density at radius 1 is 1.17 bits per heavy atom. The molecule has 9 heteroatoms. The second-order valence-electron chi connectivity index (χ2n) is 8.93. The van der Waals surface area contributed by atoms with E-state index in [1.54, 1.807) is 24.5 Å². The van der Waals surface area contributed by atoms with Crippen LogP contribution in [0.5, 0.6) is 0 Å². The summed E-state index contributed by atoms with van der Waals surface area (Å²) < 4.78 is 6.46. The summed E-state index contributed by atoms with van der Waals surface area (Å²) in [6.07, 6.45) is 2.00. The van der Waals surface area contributed by atoms with Gasteiger partial charge < -0.3 is 14.6 Å². The van der Waals surface area contributed by atoms with Crippen LogP contribution in [0.1, 0.15) is 29.6 Å². The Morgan fingerprint density at radius 3 is 2.80 bits per heavy atom. The molecule has 2 aromatic heterocycles. The Hall–Kier alpha value is -3.14. The molecule has 0 saturated carbocycles. The monoisotopic (exact) mass is 491 g/mol. The summed E-state index contributed by atoms with van der Waals surface area (Å²) in [4.78, 5) is 42.1. The number of nitrogens with one attached hydrogen (secondary N) is 1. The second kappa shape index (κ2) is 10.6. The van der Waals surface area contributed by atoms with Crippen molar-refractivity contribution in [1.82, 2.24) is 24.8 Å². The van der Waals surface area contributed by atoms with Crippen molar-refractivity contribution in [3.05, 3.63) is 69.7 Å². The number of thiazole rings is 1. The highest BCUT2D eigenvalue weighted by atomic mass is 32.1. The Kier molecular flexibility index (Phi) is 7.17. The SMILES string of the molecule is COCCN(CC(=O)N1CCC[C@H](c2nc3ccccc3s2)C1)Cc1nc2ccccc2c(=O)[nH]1. The van der Waals surface area contributed by atoms with Gasteiger partial charge >= 0.3 is 0 Å². The number of rotatable bonds is 8. The smallest absolute Gasteiger partial charge is 0.258 e. The summed E-state index contributed by atoms with van der Waals surface area (Å²) in [6.45, 7) is 3.09. The molecule has 35 heavy (non-hydrogen) atoms. The van der Waals surface area contributed by atoms with Gasteiger partial charge in [0.15, 0.2) is 0 Å². The van der Waals surface area contributed by atoms with Crippen molar-refractivity contribution < 1.29 is 9.53 Å². The van der Waals surface area contributed by atoms with Crippen molar-refractivity contribution in [3.63, 3.8) is 0 Å². The topological polar surface area (TPSA) is 91.4 Å². The van der Waals surface area contributed by atoms with Crippen molar-refractivity contribution in [1.29, 1.82) is 0 Å². The number of para-hydroxylation sites is 2. The number of benzene rings is 2. The lowest BCUT2D eigenvalue weighted by molar-refractivity contribution is -0.134. The Morgan fingerprint density at radius 2 is 1.97 bits per heavy atom. The molecule has 0 unspecified atom stereocenters. The molecule has 1 saturated heterocycles. The predicted octanol–water partition coefficient (Wildman–Crippen LogP) is 3.39. The number of H-pyrrole nitrogens is 1. The molecule has 2 aromatic carbocycles. The number of piperidine rings is 1. The molecule has 0 radical (unpaired) electrons. The van der Waals surface area contributed by atoms with Gasteiger partial charge in [0.1, 0.15) is 5.82 Å². The van der Waals surface area contributed by atoms with E-state index >= 15 is 0 Å². The van der Waals surface area contributed by atoms with E-state index in [1.165, 1.54) is 4.70 Å². The molecule has 1 amide bonds. The highest BCUT2D eigenvalue weighted by Gasteiger charge is 2.28. The molecule has 1 atom stereocenters. The van der Waals surface area contributed by atoms with E-state index in [9.17, 15) is 9.59 Å². The third-order valence-electron chi connectivity index (χ3n) is 6.44. The number of carbonyl (C=O) groups is 1. The lowest BCUT2D eigenvalue weighted by atomic mass is 9.98. The van der Waals surface area contributed by atoms with Crippen LogP contribution in [0.4, 0.5) is 0 Å². The number of hydrogen-bond acceptors (Lipinski definition) is 7. The summed E-state index contributed by atoms with van der Waals surface area (Å²) >= 11 is 1.73. The van der Waals surface area contributed by atoms with Gasteiger partial charge in [-0.15, -0.1) is 11.3 Å². The molecule has 0 bridgehead atoms. The summed E-state index contributed by atoms with van der Waals surface area (Å²) in [5, 5.41) is 1.67. The molecule has 1 fully saturated rings. The van der Waals surface area contributed by atoms with Gasteiger partial charge in [0.05, 0.1) is 45.8 Å². The van der Waals surface area contributed by atoms with E-state index in [0.29, 0.717) is 43.0 Å². The minimum absolute atomic E-state index is 0.0788. The van der Waals surface area contributed by atoms with Crippen LogP contribution in [-0.2, 0) is 16.1 Å². The molecular weight excluding hydrogens is 462 g/mol. The van der Waals surface area contributed by atoms with Gasteiger partial charge in [-0.3, -0.25) is 14.5 Å². The van der Waals surface area contributed by atoms with Crippen molar-refractivity contribution in [2.45, 2.75) is 25.3 Å². The average Bonchev–Trinajstić information content (AvgIpc) is 3.32. The maximum absolute atomic E-state index is 13.3. The molecule has 0 aliphatic carbocycles. The summed E-state index contributed by atoms with van der Waals surface area (Å²) in [5.41, 5.74) is 1.51. The minimum Gasteiger partial charge on any atom is -0.383 e. The Balaban J connectivity index is 1.28. The van der Waals surface area contributed by atoms with Gasteiger partial charge in [0.2, 0.25) is 5.91 Å². The van der Waals surface area contributed by atoms with E-state index in [0.717, 1.165) is 29.9 Å². The van der Waals surface area contributed by atoms with E-state index in [2.05, 4.69) is 16.0 Å². The number of fused-ring (bicyclic) bond motifs is 2. The molecular formula is C26H29N5O3S. The van der Waals surface area contributed by atoms with Gasteiger partial charge in [0.25, 0.3) is 5.56 Å². The number of carbonyl (C=O) groups excluding carboxylic acids is 1. The third kappa shape index (κ3) is 5.42. The van der Waals surface area contributed by atoms with Crippen molar-refractivity contribution >= 4 is 38.4 Å². The van der Waals surface area contributed by atoms with Crippen LogP contribution in [-0.4, -0.2) is 70.6 Å². The fourth-order valence-electron chi connectivity index (χ4n) is 4.62. The van der Waals surface area contributed by atoms with Crippen molar-refractivity contribution in [2.24, 2.45) is 0 Å². The highest BCUT2D eigenvalue weighted by Crippen LogP contribution is 2.33. The van der Waals surface area contributed by atoms with E-state index in [1.807, 2.05) is 46.2 Å². The first-order chi connectivity index (χ1) is 17.1. The van der Waals surface area contributed by atoms with Crippen LogP contribution in [0.2, 0.25) is 0 Å². The van der Waals surface area contributed by atoms with Crippen LogP contribution < -0.4 is 5.56 Å². The van der Waals surface area contributed by atoms with Crippen LogP contribution in [0.3, 0.4) is 0 Å². The number of methoxy groups -OCH3 is 1. The highest BCUT2D eigenvalue weighted by molar-refractivity contribution is 7.18. The zero-order valence-corrected chi connectivity index (χ0v) is 20.6. The van der Waals surface area contributed by atoms with E-state index in [4.69, 9.17) is 9.72 Å². The molecule has 5 rings (SSSR count). The Labute approximate surface area is 207 Å². The van der Waals surface area contributed by atoms with Gasteiger partial charge in [-0.2, -0.15) is 0 Å². The second-order valence-corrected chi connectivity index (χ2v) is 9.99. The number of nitrogens with zero attached hydrogens (tertiary/aromatic N) is 4. The van der Waals surface area contributed by atoms with Crippen LogP contribution in [0.25, 0.3) is 21.1 Å². The van der Waals surface area contributed by atoms with Crippen molar-refractivity contribution in [3.8, 4) is 0 Å². The third-order valence-corrected chi connectivity index (χ3v) is 7.64. The van der Waals surface area contributed by atoms with E-state index < -0.39 is 0 Å². The fraction of sp³-hybridized carbons (Fsp3) is 0.385. The first-order valence-corrected chi connectivity index (χ1v) is 12.7. The number of amides is 1. The van der Waals surface area contributed by atoms with Gasteiger partial charge in [-0.1, -0.05) is 24.3 Å². The largest absolute Gasteiger partial charge is 0.383 e. The lowest BCUT2D eigenvalue weighted by Crippen LogP contribution is -2.45. The van der Waals surface area contributed by atoms with Crippen LogP contribution in [0, 0.1) is 0 Å². The van der Waals surface area contributed by atoms with Gasteiger partial charge in [-0.05, 0) is 37.1 Å². The van der Waals surface area contributed by atoms with Crippen LogP contribution in [0.15, 0.2) is 53.3 Å². The molecule has 3 heterocycles. The first kappa shape index (κ1) is 23.6. The summed E-state index contributed by atoms with van der Waals surface area (Å²) in [5.74, 6) is 0.884. The minimum atomic E-state index is -0.168. The number of ether oxygens (including phenoxy) is 1. The average molecular weight is 492 g/mol. The maximum Gasteiger partial charge on any atom is 0.258 e. The number of hydrogen-bond donors (Lipinski definition) is 1. The van der Waals surface area contributed by atoms with Crippen molar-refractivity contribution in [2.75, 3.05) is 39.9 Å². The predicted molar refractivity (Wildman–Crippen MR) is 138 cm³/mol. The fourth-order valence-corrected chi connectivity index (χ4v) is 5.71. The number of aromatic amines is 1.